The Morgan fingerprint density at radius 2 is 1.50 bits per heavy atom. The second-order valence-corrected chi connectivity index (χ2v) is 4.71. The van der Waals surface area contributed by atoms with Crippen molar-refractivity contribution in [2.24, 2.45) is 0 Å². The summed E-state index contributed by atoms with van der Waals surface area (Å²) in [7, 11) is 0. The first-order valence-corrected chi connectivity index (χ1v) is 6.19. The minimum atomic E-state index is -0.871. The van der Waals surface area contributed by atoms with E-state index in [2.05, 4.69) is 10.6 Å². The molecule has 0 bridgehead atoms. The molecule has 2 N–H and O–H groups in total. The zero-order chi connectivity index (χ0) is 14.7. The lowest BCUT2D eigenvalue weighted by atomic mass is 10.3. The van der Waals surface area contributed by atoms with Crippen LogP contribution in [0.15, 0.2) is 36.4 Å². The van der Waals surface area contributed by atoms with E-state index in [9.17, 15) is 13.6 Å². The largest absolute Gasteiger partial charge is 0.323 e. The maximum absolute atomic E-state index is 13.4. The van der Waals surface area contributed by atoms with Crippen LogP contribution in [0.3, 0.4) is 0 Å². The number of para-hydroxylation sites is 1. The highest BCUT2D eigenvalue weighted by Crippen LogP contribution is 2.23. The van der Waals surface area contributed by atoms with E-state index in [1.54, 1.807) is 0 Å². The molecule has 2 aromatic rings. The molecule has 0 spiro atoms. The summed E-state index contributed by atoms with van der Waals surface area (Å²) in [4.78, 5) is 11.7. The number of hydrogen-bond acceptors (Lipinski definition) is 1. The van der Waals surface area contributed by atoms with Crippen LogP contribution in [0.5, 0.6) is 0 Å². The molecular formula is C13H8Cl2F2N2O. The standard InChI is InChI=1S/C13H8Cl2F2N2O/c14-7-4-8(15)6-9(5-7)18-13(20)19-12-10(16)2-1-3-11(12)17/h1-6H,(H2,18,19,20). The first-order chi connectivity index (χ1) is 9.45. The van der Waals surface area contributed by atoms with Gasteiger partial charge in [0.1, 0.15) is 17.3 Å². The molecule has 0 unspecified atom stereocenters. The molecule has 7 heteroatoms. The van der Waals surface area contributed by atoms with Gasteiger partial charge >= 0.3 is 6.03 Å². The third-order valence-electron chi connectivity index (χ3n) is 2.32. The van der Waals surface area contributed by atoms with Gasteiger partial charge < -0.3 is 10.6 Å². The summed E-state index contributed by atoms with van der Waals surface area (Å²) in [6.07, 6.45) is 0. The molecule has 0 heterocycles. The van der Waals surface area contributed by atoms with Gasteiger partial charge in [0.05, 0.1) is 0 Å². The van der Waals surface area contributed by atoms with Crippen LogP contribution >= 0.6 is 23.2 Å². The lowest BCUT2D eigenvalue weighted by Crippen LogP contribution is -2.20. The van der Waals surface area contributed by atoms with Gasteiger partial charge in [-0.15, -0.1) is 0 Å². The maximum atomic E-state index is 13.4. The number of rotatable bonds is 2. The molecule has 2 rings (SSSR count). The van der Waals surface area contributed by atoms with Crippen LogP contribution in [0.2, 0.25) is 10.0 Å². The van der Waals surface area contributed by atoms with Crippen molar-refractivity contribution in [1.82, 2.24) is 0 Å². The number of benzene rings is 2. The molecule has 0 aliphatic rings. The quantitative estimate of drug-likeness (QED) is 0.811. The molecule has 0 aliphatic carbocycles. The van der Waals surface area contributed by atoms with Crippen molar-refractivity contribution < 1.29 is 13.6 Å². The van der Waals surface area contributed by atoms with Crippen LogP contribution in [0, 0.1) is 11.6 Å². The molecule has 2 amide bonds. The van der Waals surface area contributed by atoms with Crippen LogP contribution in [0.25, 0.3) is 0 Å². The van der Waals surface area contributed by atoms with Gasteiger partial charge in [-0.25, -0.2) is 13.6 Å². The Kier molecular flexibility index (Phi) is 4.42. The average Bonchev–Trinajstić information content (AvgIpc) is 2.32. The third kappa shape index (κ3) is 3.59. The molecule has 0 aliphatic heterocycles. The summed E-state index contributed by atoms with van der Waals surface area (Å²) < 4.78 is 26.7. The predicted molar refractivity (Wildman–Crippen MR) is 75.5 cm³/mol. The first kappa shape index (κ1) is 14.6. The van der Waals surface area contributed by atoms with Gasteiger partial charge in [0.2, 0.25) is 0 Å². The van der Waals surface area contributed by atoms with Gasteiger partial charge in [0, 0.05) is 15.7 Å². The molecule has 3 nitrogen and oxygen atoms in total. The summed E-state index contributed by atoms with van der Waals surface area (Å²) in [5.41, 5.74) is -0.227. The molecule has 2 aromatic carbocycles. The monoisotopic (exact) mass is 316 g/mol. The number of urea groups is 1. The SMILES string of the molecule is O=C(Nc1cc(Cl)cc(Cl)c1)Nc1c(F)cccc1F. The van der Waals surface area contributed by atoms with Crippen LogP contribution < -0.4 is 10.6 Å². The number of hydrogen-bond donors (Lipinski definition) is 2. The van der Waals surface area contributed by atoms with E-state index in [0.717, 1.165) is 12.1 Å². The molecular weight excluding hydrogens is 309 g/mol. The summed E-state index contributed by atoms with van der Waals surface area (Å²) in [6, 6.07) is 6.85. The van der Waals surface area contributed by atoms with Gasteiger partial charge in [-0.3, -0.25) is 0 Å². The van der Waals surface area contributed by atoms with Gasteiger partial charge in [-0.05, 0) is 30.3 Å². The van der Waals surface area contributed by atoms with Gasteiger partial charge in [0.25, 0.3) is 0 Å². The van der Waals surface area contributed by atoms with Crippen molar-refractivity contribution in [3.63, 3.8) is 0 Å². The van der Waals surface area contributed by atoms with Crippen molar-refractivity contribution in [1.29, 1.82) is 0 Å². The Labute approximate surface area is 123 Å². The number of amides is 2. The first-order valence-electron chi connectivity index (χ1n) is 5.44. The molecule has 104 valence electrons. The lowest BCUT2D eigenvalue weighted by molar-refractivity contribution is 0.262. The highest BCUT2D eigenvalue weighted by atomic mass is 35.5. The number of anilines is 2. The number of nitrogens with one attached hydrogen (secondary N) is 2. The van der Waals surface area contributed by atoms with E-state index < -0.39 is 23.4 Å². The normalized spacial score (nSPS) is 10.2. The predicted octanol–water partition coefficient (Wildman–Crippen LogP) is 4.92. The van der Waals surface area contributed by atoms with Crippen molar-refractivity contribution in [3.8, 4) is 0 Å². The van der Waals surface area contributed by atoms with Crippen LogP contribution in [0.1, 0.15) is 0 Å². The van der Waals surface area contributed by atoms with Crippen molar-refractivity contribution >= 4 is 40.6 Å². The maximum Gasteiger partial charge on any atom is 0.323 e. The Balaban J connectivity index is 2.13. The summed E-state index contributed by atoms with van der Waals surface area (Å²) in [5.74, 6) is -1.74. The zero-order valence-electron chi connectivity index (χ0n) is 9.88. The topological polar surface area (TPSA) is 41.1 Å². The van der Waals surface area contributed by atoms with E-state index in [0.29, 0.717) is 15.7 Å². The fourth-order valence-electron chi connectivity index (χ4n) is 1.52. The van der Waals surface area contributed by atoms with Crippen LogP contribution in [-0.4, -0.2) is 6.03 Å². The molecule has 0 saturated carbocycles. The van der Waals surface area contributed by atoms with E-state index in [1.165, 1.54) is 24.3 Å². The molecule has 0 fully saturated rings. The zero-order valence-corrected chi connectivity index (χ0v) is 11.4. The Morgan fingerprint density at radius 3 is 2.05 bits per heavy atom. The molecule has 0 saturated heterocycles. The van der Waals surface area contributed by atoms with Crippen molar-refractivity contribution in [3.05, 3.63) is 58.1 Å². The van der Waals surface area contributed by atoms with Crippen molar-refractivity contribution in [2.45, 2.75) is 0 Å². The van der Waals surface area contributed by atoms with Crippen LogP contribution in [0.4, 0.5) is 25.0 Å². The minimum absolute atomic E-state index is 0.303. The summed E-state index contributed by atoms with van der Waals surface area (Å²) in [5, 5.41) is 5.10. The molecule has 0 aromatic heterocycles. The third-order valence-corrected chi connectivity index (χ3v) is 2.76. The highest BCUT2D eigenvalue weighted by Gasteiger charge is 2.12. The summed E-state index contributed by atoms with van der Waals surface area (Å²) in [6.45, 7) is 0. The molecule has 0 radical (unpaired) electrons. The smallest absolute Gasteiger partial charge is 0.308 e. The second-order valence-electron chi connectivity index (χ2n) is 3.83. The van der Waals surface area contributed by atoms with E-state index in [1.807, 2.05) is 0 Å². The Morgan fingerprint density at radius 1 is 0.950 bits per heavy atom. The number of halogens is 4. The highest BCUT2D eigenvalue weighted by molar-refractivity contribution is 6.35. The van der Waals surface area contributed by atoms with Crippen molar-refractivity contribution in [2.75, 3.05) is 10.6 Å². The van der Waals surface area contributed by atoms with Gasteiger partial charge in [-0.1, -0.05) is 29.3 Å². The lowest BCUT2D eigenvalue weighted by Gasteiger charge is -2.09. The Hall–Kier alpha value is -1.85. The number of carbonyl (C=O) groups is 1. The molecule has 20 heavy (non-hydrogen) atoms. The summed E-state index contributed by atoms with van der Waals surface area (Å²) >= 11 is 11.5. The Bertz CT molecular complexity index is 624. The van der Waals surface area contributed by atoms with E-state index in [-0.39, 0.29) is 0 Å². The minimum Gasteiger partial charge on any atom is -0.308 e. The van der Waals surface area contributed by atoms with Gasteiger partial charge in [-0.2, -0.15) is 0 Å². The molecule has 0 atom stereocenters. The van der Waals surface area contributed by atoms with E-state index >= 15 is 0 Å². The fourth-order valence-corrected chi connectivity index (χ4v) is 2.05. The average molecular weight is 317 g/mol. The second kappa shape index (κ2) is 6.07. The fraction of sp³-hybridized carbons (Fsp3) is 0. The van der Waals surface area contributed by atoms with Crippen LogP contribution in [-0.2, 0) is 0 Å². The number of carbonyl (C=O) groups excluding carboxylic acids is 1. The van der Waals surface area contributed by atoms with Gasteiger partial charge in [0.15, 0.2) is 0 Å². The van der Waals surface area contributed by atoms with E-state index in [4.69, 9.17) is 23.2 Å².